The van der Waals surface area contributed by atoms with Crippen molar-refractivity contribution in [3.05, 3.63) is 103 Å². The lowest BCUT2D eigenvalue weighted by molar-refractivity contribution is 0.126. The van der Waals surface area contributed by atoms with Gasteiger partial charge in [-0.2, -0.15) is 0 Å². The van der Waals surface area contributed by atoms with E-state index in [1.807, 2.05) is 12.1 Å². The molecule has 0 spiro atoms. The lowest BCUT2D eigenvalue weighted by atomic mass is 9.93. The molecule has 0 saturated carbocycles. The molecular formula is C31H28Cl3FN2O. The molecule has 0 atom stereocenters. The van der Waals surface area contributed by atoms with Crippen LogP contribution in [-0.2, 0) is 0 Å². The molecule has 2 heterocycles. The summed E-state index contributed by atoms with van der Waals surface area (Å²) in [4.78, 5) is 15.8. The first-order valence-electron chi connectivity index (χ1n) is 12.6. The number of hydrogen-bond donors (Lipinski definition) is 0. The number of nitrogens with zero attached hydrogens (tertiary/aromatic N) is 2. The minimum atomic E-state index is -0.410. The van der Waals surface area contributed by atoms with Crippen LogP contribution in [0.25, 0.3) is 33.8 Å². The summed E-state index contributed by atoms with van der Waals surface area (Å²) in [5, 5.41) is 1.81. The van der Waals surface area contributed by atoms with E-state index in [9.17, 15) is 9.18 Å². The van der Waals surface area contributed by atoms with Gasteiger partial charge in [0.05, 0.1) is 26.3 Å². The summed E-state index contributed by atoms with van der Waals surface area (Å²) in [7, 11) is 0. The van der Waals surface area contributed by atoms with Crippen molar-refractivity contribution in [2.24, 2.45) is 0 Å². The Morgan fingerprint density at radius 2 is 1.53 bits per heavy atom. The van der Waals surface area contributed by atoms with Crippen molar-refractivity contribution in [1.82, 2.24) is 9.47 Å². The third-order valence-corrected chi connectivity index (χ3v) is 8.06. The average Bonchev–Trinajstić information content (AvgIpc) is 2.84. The summed E-state index contributed by atoms with van der Waals surface area (Å²) in [5.74, 6) is -0.410. The SMILES string of the molecule is CC(C)(C)N1CCC(=Cc2cc(-c3ccc(F)cc3Cl)c3ccc(=O)n(-c4c(Cl)cccc4Cl)c3c2)CC1. The van der Waals surface area contributed by atoms with E-state index in [2.05, 4.69) is 31.7 Å². The van der Waals surface area contributed by atoms with E-state index in [1.165, 1.54) is 23.8 Å². The molecule has 0 N–H and O–H groups in total. The Bertz CT molecular complexity index is 1600. The first kappa shape index (κ1) is 27.0. The van der Waals surface area contributed by atoms with Gasteiger partial charge in [-0.3, -0.25) is 14.3 Å². The number of fused-ring (bicyclic) bond motifs is 1. The fraction of sp³-hybridized carbons (Fsp3) is 0.258. The van der Waals surface area contributed by atoms with Gasteiger partial charge in [0.25, 0.3) is 5.56 Å². The maximum absolute atomic E-state index is 13.9. The van der Waals surface area contributed by atoms with Crippen LogP contribution in [0.5, 0.6) is 0 Å². The van der Waals surface area contributed by atoms with Gasteiger partial charge < -0.3 is 0 Å². The highest BCUT2D eigenvalue weighted by atomic mass is 35.5. The van der Waals surface area contributed by atoms with Crippen LogP contribution in [0.4, 0.5) is 4.39 Å². The smallest absolute Gasteiger partial charge is 0.255 e. The van der Waals surface area contributed by atoms with Crippen LogP contribution in [0, 0.1) is 5.82 Å². The summed E-state index contributed by atoms with van der Waals surface area (Å²) >= 11 is 19.7. The van der Waals surface area contributed by atoms with E-state index in [1.54, 1.807) is 34.9 Å². The predicted molar refractivity (Wildman–Crippen MR) is 159 cm³/mol. The van der Waals surface area contributed by atoms with Crippen molar-refractivity contribution >= 4 is 51.8 Å². The molecule has 4 aromatic rings. The second kappa shape index (κ2) is 10.5. The van der Waals surface area contributed by atoms with Gasteiger partial charge in [-0.1, -0.05) is 52.5 Å². The monoisotopic (exact) mass is 568 g/mol. The number of piperidine rings is 1. The maximum atomic E-state index is 13.9. The Morgan fingerprint density at radius 1 is 0.842 bits per heavy atom. The molecule has 196 valence electrons. The van der Waals surface area contributed by atoms with Gasteiger partial charge in [-0.25, -0.2) is 4.39 Å². The highest BCUT2D eigenvalue weighted by molar-refractivity contribution is 6.38. The molecular weight excluding hydrogens is 542 g/mol. The number of halogens is 4. The number of para-hydroxylation sites is 1. The van der Waals surface area contributed by atoms with Crippen LogP contribution in [0.1, 0.15) is 39.2 Å². The van der Waals surface area contributed by atoms with Crippen LogP contribution in [0.2, 0.25) is 15.1 Å². The lowest BCUT2D eigenvalue weighted by Gasteiger charge is -2.39. The second-order valence-corrected chi connectivity index (χ2v) is 11.9. The number of likely N-dealkylation sites (tertiary alicyclic amines) is 1. The Hall–Kier alpha value is -2.63. The zero-order valence-corrected chi connectivity index (χ0v) is 23.8. The third-order valence-electron chi connectivity index (χ3n) is 7.14. The van der Waals surface area contributed by atoms with Crippen LogP contribution in [0.15, 0.2) is 71.0 Å². The molecule has 7 heteroatoms. The molecule has 0 radical (unpaired) electrons. The standard InChI is InChI=1S/C31H28Cl3FN2O/c1-31(2,3)36-13-11-19(12-14-36)15-20-16-24(22-8-7-21(35)18-27(22)34)23-9-10-29(38)37(28(23)17-20)30-25(32)5-4-6-26(30)33/h4-10,15-18H,11-14H2,1-3H3. The van der Waals surface area contributed by atoms with Crippen molar-refractivity contribution in [3.8, 4) is 16.8 Å². The van der Waals surface area contributed by atoms with Crippen LogP contribution < -0.4 is 5.56 Å². The van der Waals surface area contributed by atoms with E-state index in [0.29, 0.717) is 31.8 Å². The molecule has 5 rings (SSSR count). The summed E-state index contributed by atoms with van der Waals surface area (Å²) in [6.45, 7) is 8.69. The first-order valence-corrected chi connectivity index (χ1v) is 13.7. The van der Waals surface area contributed by atoms with Crippen molar-refractivity contribution < 1.29 is 4.39 Å². The molecule has 1 aliphatic rings. The van der Waals surface area contributed by atoms with E-state index in [4.69, 9.17) is 34.8 Å². The van der Waals surface area contributed by atoms with E-state index < -0.39 is 5.82 Å². The molecule has 3 aromatic carbocycles. The van der Waals surface area contributed by atoms with Crippen molar-refractivity contribution in [3.63, 3.8) is 0 Å². The highest BCUT2D eigenvalue weighted by Crippen LogP contribution is 2.38. The number of hydrogen-bond acceptors (Lipinski definition) is 2. The molecule has 0 amide bonds. The summed E-state index contributed by atoms with van der Waals surface area (Å²) in [5.41, 5.74) is 4.67. The van der Waals surface area contributed by atoms with Gasteiger partial charge >= 0.3 is 0 Å². The Balaban J connectivity index is 1.75. The van der Waals surface area contributed by atoms with Crippen LogP contribution in [0.3, 0.4) is 0 Å². The molecule has 0 unspecified atom stereocenters. The molecule has 38 heavy (non-hydrogen) atoms. The van der Waals surface area contributed by atoms with Gasteiger partial charge in [-0.15, -0.1) is 0 Å². The minimum Gasteiger partial charge on any atom is -0.298 e. The zero-order chi connectivity index (χ0) is 27.2. The molecule has 1 saturated heterocycles. The number of pyridine rings is 1. The molecule has 3 nitrogen and oxygen atoms in total. The number of benzene rings is 3. The van der Waals surface area contributed by atoms with Crippen LogP contribution >= 0.6 is 34.8 Å². The minimum absolute atomic E-state index is 0.130. The summed E-state index contributed by atoms with van der Waals surface area (Å²) in [6, 6.07) is 16.8. The van der Waals surface area contributed by atoms with Crippen LogP contribution in [-0.4, -0.2) is 28.1 Å². The third kappa shape index (κ3) is 5.28. The number of rotatable bonds is 3. The van der Waals surface area contributed by atoms with Gasteiger partial charge in [-0.05, 0) is 93.3 Å². The molecule has 1 aromatic heterocycles. The van der Waals surface area contributed by atoms with E-state index >= 15 is 0 Å². The fourth-order valence-corrected chi connectivity index (χ4v) is 6.00. The Kier molecular flexibility index (Phi) is 7.45. The maximum Gasteiger partial charge on any atom is 0.255 e. The Labute approximate surface area is 237 Å². The molecule has 1 fully saturated rings. The summed E-state index contributed by atoms with van der Waals surface area (Å²) in [6.07, 6.45) is 4.11. The van der Waals surface area contributed by atoms with Gasteiger partial charge in [0, 0.05) is 35.6 Å². The van der Waals surface area contributed by atoms with Gasteiger partial charge in [0.2, 0.25) is 0 Å². The largest absolute Gasteiger partial charge is 0.298 e. The zero-order valence-electron chi connectivity index (χ0n) is 21.5. The second-order valence-electron chi connectivity index (χ2n) is 10.7. The summed E-state index contributed by atoms with van der Waals surface area (Å²) < 4.78 is 15.5. The van der Waals surface area contributed by atoms with E-state index in [0.717, 1.165) is 42.4 Å². The topological polar surface area (TPSA) is 25.2 Å². The lowest BCUT2D eigenvalue weighted by Crippen LogP contribution is -2.44. The molecule has 0 aliphatic carbocycles. The quantitative estimate of drug-likeness (QED) is 0.246. The van der Waals surface area contributed by atoms with Gasteiger partial charge in [0.15, 0.2) is 0 Å². The van der Waals surface area contributed by atoms with E-state index in [-0.39, 0.29) is 11.1 Å². The number of aromatic nitrogens is 1. The average molecular weight is 570 g/mol. The first-order chi connectivity index (χ1) is 18.0. The normalized spacial score (nSPS) is 14.8. The van der Waals surface area contributed by atoms with Crippen molar-refractivity contribution in [1.29, 1.82) is 0 Å². The Morgan fingerprint density at radius 3 is 2.16 bits per heavy atom. The predicted octanol–water partition coefficient (Wildman–Crippen LogP) is 9.03. The highest BCUT2D eigenvalue weighted by Gasteiger charge is 2.24. The van der Waals surface area contributed by atoms with Crippen molar-refractivity contribution in [2.75, 3.05) is 13.1 Å². The van der Waals surface area contributed by atoms with Crippen molar-refractivity contribution in [2.45, 2.75) is 39.2 Å². The molecule has 1 aliphatic heterocycles. The molecule has 0 bridgehead atoms. The van der Waals surface area contributed by atoms with Gasteiger partial charge in [0.1, 0.15) is 5.82 Å². The fourth-order valence-electron chi connectivity index (χ4n) is 5.16.